The average Bonchev–Trinajstić information content (AvgIpc) is 3.51. The zero-order valence-electron chi connectivity index (χ0n) is 19.2. The molecule has 0 aliphatic carbocycles. The monoisotopic (exact) mass is 486 g/mol. The Bertz CT molecular complexity index is 1240. The molecule has 0 bridgehead atoms. The molecule has 2 unspecified atom stereocenters. The number of thiazole rings is 1. The van der Waals surface area contributed by atoms with Crippen LogP contribution >= 0.6 is 11.3 Å². The zero-order valence-corrected chi connectivity index (χ0v) is 20.0. The molecule has 178 valence electrons. The lowest BCUT2D eigenvalue weighted by molar-refractivity contribution is -0.137. The fourth-order valence-electron chi connectivity index (χ4n) is 4.72. The molecule has 1 saturated heterocycles. The van der Waals surface area contributed by atoms with Gasteiger partial charge in [-0.3, -0.25) is 9.69 Å². The second-order valence-electron chi connectivity index (χ2n) is 8.64. The smallest absolute Gasteiger partial charge is 0.312 e. The van der Waals surface area contributed by atoms with Crippen molar-refractivity contribution in [2.24, 2.45) is 0 Å². The normalized spacial score (nSPS) is 18.9. The summed E-state index contributed by atoms with van der Waals surface area (Å²) in [6, 6.07) is 11.1. The number of hydrogen-bond acceptors (Lipinski definition) is 5. The fraction of sp³-hybridized carbons (Fsp3) is 0.400. The first-order valence-electron chi connectivity index (χ1n) is 11.2. The fourth-order valence-corrected chi connectivity index (χ4v) is 5.40. The first kappa shape index (κ1) is 24.2. The van der Waals surface area contributed by atoms with Crippen LogP contribution in [-0.2, 0) is 6.18 Å². The van der Waals surface area contributed by atoms with Gasteiger partial charge in [-0.2, -0.15) is 18.4 Å². The highest BCUT2D eigenvalue weighted by molar-refractivity contribution is 7.10. The molecule has 0 saturated carbocycles. The van der Waals surface area contributed by atoms with Gasteiger partial charge in [-0.05, 0) is 63.4 Å². The molecular formula is C25H25F3N4OS. The second kappa shape index (κ2) is 9.35. The number of ketones is 1. The van der Waals surface area contributed by atoms with Gasteiger partial charge in [0.1, 0.15) is 0 Å². The first-order valence-corrected chi connectivity index (χ1v) is 12.1. The molecule has 3 heterocycles. The third-order valence-electron chi connectivity index (χ3n) is 6.56. The summed E-state index contributed by atoms with van der Waals surface area (Å²) < 4.78 is 41.4. The number of rotatable bonds is 6. The van der Waals surface area contributed by atoms with E-state index in [0.29, 0.717) is 51.6 Å². The number of Topliss-reactive ketones (excluding diaryl/α,β-unsaturated/α-hetero) is 1. The van der Waals surface area contributed by atoms with Crippen molar-refractivity contribution in [1.82, 2.24) is 14.5 Å². The van der Waals surface area contributed by atoms with E-state index in [9.17, 15) is 18.0 Å². The highest BCUT2D eigenvalue weighted by Gasteiger charge is 2.36. The van der Waals surface area contributed by atoms with E-state index in [-0.39, 0.29) is 18.0 Å². The van der Waals surface area contributed by atoms with Gasteiger partial charge >= 0.3 is 6.18 Å². The number of halogens is 3. The van der Waals surface area contributed by atoms with Gasteiger partial charge in [0, 0.05) is 34.4 Å². The largest absolute Gasteiger partial charge is 0.443 e. The van der Waals surface area contributed by atoms with Gasteiger partial charge in [-0.15, -0.1) is 11.3 Å². The van der Waals surface area contributed by atoms with E-state index < -0.39 is 11.2 Å². The van der Waals surface area contributed by atoms with E-state index in [1.54, 1.807) is 41.8 Å². The highest BCUT2D eigenvalue weighted by atomic mass is 32.1. The van der Waals surface area contributed by atoms with E-state index in [1.807, 2.05) is 0 Å². The van der Waals surface area contributed by atoms with Gasteiger partial charge in [0.2, 0.25) is 0 Å². The Balaban J connectivity index is 1.78. The molecule has 3 aromatic rings. The quantitative estimate of drug-likeness (QED) is 0.387. The van der Waals surface area contributed by atoms with Crippen LogP contribution in [0.4, 0.5) is 13.2 Å². The van der Waals surface area contributed by atoms with E-state index in [4.69, 9.17) is 5.26 Å². The van der Waals surface area contributed by atoms with E-state index in [0.717, 1.165) is 19.3 Å². The van der Waals surface area contributed by atoms with Gasteiger partial charge in [0.05, 0.1) is 29.6 Å². The molecule has 0 amide bonds. The molecule has 2 aromatic heterocycles. The summed E-state index contributed by atoms with van der Waals surface area (Å²) in [5, 5.41) is 9.55. The Labute approximate surface area is 200 Å². The average molecular weight is 487 g/mol. The molecule has 1 aromatic carbocycles. The SMILES string of the molecule is CCC1CCC(C)N1CC(=O)c1cc(-c2csc(C(F)(F)F)n2)n(-c2ccc(C#N)cc2)c1C. The molecule has 1 aliphatic rings. The van der Waals surface area contributed by atoms with Gasteiger partial charge < -0.3 is 4.57 Å². The lowest BCUT2D eigenvalue weighted by atomic mass is 10.1. The van der Waals surface area contributed by atoms with Crippen LogP contribution in [0, 0.1) is 18.3 Å². The number of hydrogen-bond donors (Lipinski definition) is 0. The van der Waals surface area contributed by atoms with Crippen LogP contribution in [0.2, 0.25) is 0 Å². The third-order valence-corrected chi connectivity index (χ3v) is 7.45. The van der Waals surface area contributed by atoms with Crippen molar-refractivity contribution in [2.75, 3.05) is 6.54 Å². The van der Waals surface area contributed by atoms with Crippen LogP contribution in [0.25, 0.3) is 17.1 Å². The number of alkyl halides is 3. The summed E-state index contributed by atoms with van der Waals surface area (Å²) in [7, 11) is 0. The maximum absolute atomic E-state index is 13.4. The number of likely N-dealkylation sites (tertiary alicyclic amines) is 1. The van der Waals surface area contributed by atoms with E-state index >= 15 is 0 Å². The van der Waals surface area contributed by atoms with Crippen LogP contribution in [0.3, 0.4) is 0 Å². The summed E-state index contributed by atoms with van der Waals surface area (Å²) in [6.07, 6.45) is -1.47. The second-order valence-corrected chi connectivity index (χ2v) is 9.50. The minimum absolute atomic E-state index is 0.0652. The van der Waals surface area contributed by atoms with E-state index in [1.165, 1.54) is 5.38 Å². The standard InChI is InChI=1S/C25H25F3N4OS/c1-4-18-8-5-15(2)31(18)13-23(33)20-11-22(21-14-34-24(30-21)25(26,27)28)32(16(20)3)19-9-6-17(12-29)7-10-19/h6-7,9-11,14-15,18H,4-5,8,13H2,1-3H3. The van der Waals surface area contributed by atoms with Crippen molar-refractivity contribution >= 4 is 17.1 Å². The van der Waals surface area contributed by atoms with Crippen molar-refractivity contribution in [2.45, 2.75) is 58.3 Å². The summed E-state index contributed by atoms with van der Waals surface area (Å²) in [5.74, 6) is -0.0652. The predicted molar refractivity (Wildman–Crippen MR) is 125 cm³/mol. The molecule has 1 aliphatic heterocycles. The van der Waals surface area contributed by atoms with Gasteiger partial charge in [-0.25, -0.2) is 4.98 Å². The van der Waals surface area contributed by atoms with E-state index in [2.05, 4.69) is 29.8 Å². The Morgan fingerprint density at radius 3 is 2.56 bits per heavy atom. The maximum Gasteiger partial charge on any atom is 0.443 e. The van der Waals surface area contributed by atoms with Crippen LogP contribution in [0.1, 0.15) is 59.7 Å². The molecule has 0 spiro atoms. The summed E-state index contributed by atoms with van der Waals surface area (Å²) in [4.78, 5) is 19.5. The molecular weight excluding hydrogens is 461 g/mol. The summed E-state index contributed by atoms with van der Waals surface area (Å²) in [6.45, 7) is 6.29. The molecule has 5 nitrogen and oxygen atoms in total. The molecule has 1 fully saturated rings. The minimum Gasteiger partial charge on any atom is -0.312 e. The minimum atomic E-state index is -4.54. The Kier molecular flexibility index (Phi) is 6.65. The van der Waals surface area contributed by atoms with Gasteiger partial charge in [-0.1, -0.05) is 6.92 Å². The van der Waals surface area contributed by atoms with Crippen molar-refractivity contribution in [3.63, 3.8) is 0 Å². The van der Waals surface area contributed by atoms with Crippen molar-refractivity contribution in [3.8, 4) is 23.1 Å². The number of aromatic nitrogens is 2. The predicted octanol–water partition coefficient (Wildman–Crippen LogP) is 6.25. The molecule has 0 radical (unpaired) electrons. The number of nitrogens with zero attached hydrogens (tertiary/aromatic N) is 4. The Morgan fingerprint density at radius 1 is 1.26 bits per heavy atom. The number of carbonyl (C=O) groups excluding carboxylic acids is 1. The maximum atomic E-state index is 13.4. The van der Waals surface area contributed by atoms with Crippen molar-refractivity contribution in [3.05, 3.63) is 57.5 Å². The van der Waals surface area contributed by atoms with Crippen molar-refractivity contribution in [1.29, 1.82) is 5.26 Å². The molecule has 2 atom stereocenters. The number of nitriles is 1. The first-order chi connectivity index (χ1) is 16.1. The van der Waals surface area contributed by atoms with Crippen LogP contribution in [0.5, 0.6) is 0 Å². The van der Waals surface area contributed by atoms with Crippen molar-refractivity contribution < 1.29 is 18.0 Å². The topological polar surface area (TPSA) is 61.9 Å². The molecule has 9 heteroatoms. The Morgan fingerprint density at radius 2 is 1.97 bits per heavy atom. The number of benzene rings is 1. The van der Waals surface area contributed by atoms with Crippen LogP contribution in [0.15, 0.2) is 35.7 Å². The molecule has 4 rings (SSSR count). The molecule has 0 N–H and O–H groups in total. The molecule has 34 heavy (non-hydrogen) atoms. The summed E-state index contributed by atoms with van der Waals surface area (Å²) in [5.41, 5.74) is 2.78. The lowest BCUT2D eigenvalue weighted by Gasteiger charge is -2.26. The van der Waals surface area contributed by atoms with Gasteiger partial charge in [0.25, 0.3) is 0 Å². The third kappa shape index (κ3) is 4.52. The van der Waals surface area contributed by atoms with Crippen LogP contribution < -0.4 is 0 Å². The van der Waals surface area contributed by atoms with Crippen LogP contribution in [-0.4, -0.2) is 38.9 Å². The van der Waals surface area contributed by atoms with Gasteiger partial charge in [0.15, 0.2) is 10.8 Å². The zero-order chi connectivity index (χ0) is 24.6. The highest BCUT2D eigenvalue weighted by Crippen LogP contribution is 2.37. The Hall–Kier alpha value is -2.96. The summed E-state index contributed by atoms with van der Waals surface area (Å²) >= 11 is 0.529. The number of carbonyl (C=O) groups is 1. The lowest BCUT2D eigenvalue weighted by Crippen LogP contribution is -2.38.